The van der Waals surface area contributed by atoms with Crippen LogP contribution in [0, 0.1) is 0 Å². The lowest BCUT2D eigenvalue weighted by molar-refractivity contribution is 0.189. The molecule has 1 N–H and O–H groups in total. The van der Waals surface area contributed by atoms with Gasteiger partial charge < -0.3 is 14.5 Å². The fourth-order valence-corrected chi connectivity index (χ4v) is 3.93. The van der Waals surface area contributed by atoms with Gasteiger partial charge in [-0.05, 0) is 35.3 Å². The van der Waals surface area contributed by atoms with Crippen LogP contribution in [0.3, 0.4) is 0 Å². The molecule has 1 rings (SSSR count). The maximum atomic E-state index is 12.5. The molecule has 0 aliphatic rings. The van der Waals surface area contributed by atoms with E-state index in [-0.39, 0.29) is 9.56 Å². The zero-order valence-electron chi connectivity index (χ0n) is 12.7. The summed E-state index contributed by atoms with van der Waals surface area (Å²) >= 11 is 3.19. The van der Waals surface area contributed by atoms with E-state index in [1.807, 2.05) is 0 Å². The summed E-state index contributed by atoms with van der Waals surface area (Å²) in [6, 6.07) is 1.56. The van der Waals surface area contributed by atoms with Crippen molar-refractivity contribution in [1.82, 2.24) is 9.62 Å². The van der Waals surface area contributed by atoms with Crippen molar-refractivity contribution >= 4 is 26.0 Å². The Bertz CT molecular complexity index is 530. The second-order valence-electron chi connectivity index (χ2n) is 4.70. The molecule has 1 aromatic rings. The van der Waals surface area contributed by atoms with Gasteiger partial charge in [-0.3, -0.25) is 0 Å². The van der Waals surface area contributed by atoms with Gasteiger partial charge in [-0.1, -0.05) is 6.92 Å². The van der Waals surface area contributed by atoms with Gasteiger partial charge >= 0.3 is 0 Å². The SMILES string of the molecule is CCCNCc1cc(S(=O)(=O)N(C)CCCOC)c(Br)o1. The molecule has 0 fully saturated rings. The summed E-state index contributed by atoms with van der Waals surface area (Å²) in [4.78, 5) is 0.163. The van der Waals surface area contributed by atoms with E-state index in [0.717, 1.165) is 13.0 Å². The highest BCUT2D eigenvalue weighted by Gasteiger charge is 2.26. The van der Waals surface area contributed by atoms with E-state index in [0.29, 0.717) is 31.9 Å². The van der Waals surface area contributed by atoms with Crippen molar-refractivity contribution in [2.24, 2.45) is 0 Å². The minimum absolute atomic E-state index is 0.163. The summed E-state index contributed by atoms with van der Waals surface area (Å²) in [6.07, 6.45) is 1.65. The fraction of sp³-hybridized carbons (Fsp3) is 0.692. The van der Waals surface area contributed by atoms with E-state index in [2.05, 4.69) is 28.2 Å². The molecule has 8 heteroatoms. The molecule has 6 nitrogen and oxygen atoms in total. The van der Waals surface area contributed by atoms with Gasteiger partial charge in [0.05, 0.1) is 6.54 Å². The number of rotatable bonds is 10. The third kappa shape index (κ3) is 5.37. The van der Waals surface area contributed by atoms with E-state index in [9.17, 15) is 8.42 Å². The smallest absolute Gasteiger partial charge is 0.247 e. The molecule has 0 saturated heterocycles. The van der Waals surface area contributed by atoms with Crippen molar-refractivity contribution < 1.29 is 17.6 Å². The van der Waals surface area contributed by atoms with Crippen LogP contribution >= 0.6 is 15.9 Å². The number of furan rings is 1. The number of halogens is 1. The number of ether oxygens (including phenoxy) is 1. The first-order chi connectivity index (χ1) is 9.93. The van der Waals surface area contributed by atoms with E-state index in [1.165, 1.54) is 4.31 Å². The normalized spacial score (nSPS) is 12.2. The van der Waals surface area contributed by atoms with Crippen LogP contribution in [0.15, 0.2) is 20.0 Å². The first-order valence-corrected chi connectivity index (χ1v) is 9.11. The van der Waals surface area contributed by atoms with Crippen molar-refractivity contribution in [2.45, 2.75) is 31.2 Å². The van der Waals surface area contributed by atoms with Crippen LogP contribution < -0.4 is 5.32 Å². The molecule has 0 aliphatic carbocycles. The second-order valence-corrected chi connectivity index (χ2v) is 7.43. The minimum atomic E-state index is -3.55. The molecular weight excluding hydrogens is 360 g/mol. The van der Waals surface area contributed by atoms with Crippen LogP contribution in [0.1, 0.15) is 25.5 Å². The maximum Gasteiger partial charge on any atom is 0.247 e. The Balaban J connectivity index is 2.78. The molecule has 0 aromatic carbocycles. The molecule has 0 unspecified atom stereocenters. The lowest BCUT2D eigenvalue weighted by Gasteiger charge is -2.15. The predicted molar refractivity (Wildman–Crippen MR) is 84.7 cm³/mol. The summed E-state index contributed by atoms with van der Waals surface area (Å²) in [5.74, 6) is 0.596. The van der Waals surface area contributed by atoms with Gasteiger partial charge in [-0.15, -0.1) is 0 Å². The Morgan fingerprint density at radius 2 is 2.19 bits per heavy atom. The summed E-state index contributed by atoms with van der Waals surface area (Å²) in [7, 11) is -0.402. The van der Waals surface area contributed by atoms with Gasteiger partial charge in [0.25, 0.3) is 0 Å². The molecule has 0 amide bonds. The van der Waals surface area contributed by atoms with Crippen molar-refractivity contribution in [2.75, 3.05) is 33.9 Å². The maximum absolute atomic E-state index is 12.5. The minimum Gasteiger partial charge on any atom is -0.452 e. The zero-order valence-corrected chi connectivity index (χ0v) is 15.1. The average molecular weight is 383 g/mol. The summed E-state index contributed by atoms with van der Waals surface area (Å²) in [5.41, 5.74) is 0. The molecule has 1 aromatic heterocycles. The van der Waals surface area contributed by atoms with Crippen molar-refractivity contribution in [3.8, 4) is 0 Å². The molecule has 0 aliphatic heterocycles. The second kappa shape index (κ2) is 8.89. The van der Waals surface area contributed by atoms with Gasteiger partial charge in [0.15, 0.2) is 4.67 Å². The third-order valence-electron chi connectivity index (χ3n) is 2.94. The Morgan fingerprint density at radius 1 is 1.48 bits per heavy atom. The van der Waals surface area contributed by atoms with Crippen LogP contribution in [0.25, 0.3) is 0 Å². The number of nitrogens with one attached hydrogen (secondary N) is 1. The summed E-state index contributed by atoms with van der Waals surface area (Å²) < 4.78 is 36.9. The Kier molecular flexibility index (Phi) is 7.89. The lowest BCUT2D eigenvalue weighted by Crippen LogP contribution is -2.28. The largest absolute Gasteiger partial charge is 0.452 e. The molecule has 21 heavy (non-hydrogen) atoms. The number of hydrogen-bond donors (Lipinski definition) is 1. The van der Waals surface area contributed by atoms with Crippen LogP contribution in [-0.2, 0) is 21.3 Å². The van der Waals surface area contributed by atoms with Crippen LogP contribution in [0.2, 0.25) is 0 Å². The quantitative estimate of drug-likeness (QED) is 0.628. The average Bonchev–Trinajstić information content (AvgIpc) is 2.81. The summed E-state index contributed by atoms with van der Waals surface area (Å²) in [6.45, 7) is 4.36. The molecule has 1 heterocycles. The molecule has 0 bridgehead atoms. The third-order valence-corrected chi connectivity index (χ3v) is 5.66. The highest BCUT2D eigenvalue weighted by molar-refractivity contribution is 9.10. The number of sulfonamides is 1. The van der Waals surface area contributed by atoms with Crippen molar-refractivity contribution in [3.63, 3.8) is 0 Å². The standard InChI is InChI=1S/C13H23BrN2O4S/c1-4-6-15-10-11-9-12(13(14)20-11)21(17,18)16(2)7-5-8-19-3/h9,15H,4-8,10H2,1-3H3. The van der Waals surface area contributed by atoms with Gasteiger partial charge in [-0.25, -0.2) is 12.7 Å². The van der Waals surface area contributed by atoms with E-state index >= 15 is 0 Å². The fourth-order valence-electron chi connectivity index (χ4n) is 1.77. The topological polar surface area (TPSA) is 71.8 Å². The van der Waals surface area contributed by atoms with Gasteiger partial charge in [0.2, 0.25) is 10.0 Å². The van der Waals surface area contributed by atoms with Crippen LogP contribution in [-0.4, -0.2) is 46.6 Å². The Hall–Kier alpha value is -0.410. The van der Waals surface area contributed by atoms with Crippen LogP contribution in [0.4, 0.5) is 0 Å². The van der Waals surface area contributed by atoms with Gasteiger partial charge in [0, 0.05) is 33.4 Å². The van der Waals surface area contributed by atoms with E-state index < -0.39 is 10.0 Å². The molecule has 0 radical (unpaired) electrons. The first kappa shape index (κ1) is 18.6. The number of nitrogens with zero attached hydrogens (tertiary/aromatic N) is 1. The van der Waals surface area contributed by atoms with E-state index in [1.54, 1.807) is 20.2 Å². The Labute approximate surface area is 135 Å². The molecule has 0 atom stereocenters. The van der Waals surface area contributed by atoms with Gasteiger partial charge in [-0.2, -0.15) is 0 Å². The molecular formula is C13H23BrN2O4S. The molecule has 122 valence electrons. The first-order valence-electron chi connectivity index (χ1n) is 6.87. The Morgan fingerprint density at radius 3 is 2.81 bits per heavy atom. The van der Waals surface area contributed by atoms with E-state index in [4.69, 9.17) is 9.15 Å². The zero-order chi connectivity index (χ0) is 15.9. The highest BCUT2D eigenvalue weighted by atomic mass is 79.9. The number of hydrogen-bond acceptors (Lipinski definition) is 5. The van der Waals surface area contributed by atoms with Crippen LogP contribution in [0.5, 0.6) is 0 Å². The molecule has 0 saturated carbocycles. The highest BCUT2D eigenvalue weighted by Crippen LogP contribution is 2.28. The van der Waals surface area contributed by atoms with Crippen molar-refractivity contribution in [1.29, 1.82) is 0 Å². The predicted octanol–water partition coefficient (Wildman–Crippen LogP) is 2.20. The summed E-state index contributed by atoms with van der Waals surface area (Å²) in [5, 5.41) is 3.17. The number of methoxy groups -OCH3 is 1. The van der Waals surface area contributed by atoms with Gasteiger partial charge in [0.1, 0.15) is 10.7 Å². The lowest BCUT2D eigenvalue weighted by atomic mass is 10.4. The monoisotopic (exact) mass is 382 g/mol. The molecule has 0 spiro atoms. The van der Waals surface area contributed by atoms with Crippen molar-refractivity contribution in [3.05, 3.63) is 16.5 Å².